The highest BCUT2D eigenvalue weighted by molar-refractivity contribution is 9.10. The number of carbonyl (C=O) groups excluding carboxylic acids is 1. The van der Waals surface area contributed by atoms with Crippen LogP contribution in [0.5, 0.6) is 0 Å². The highest BCUT2D eigenvalue weighted by Gasteiger charge is 2.17. The first kappa shape index (κ1) is 10.9. The summed E-state index contributed by atoms with van der Waals surface area (Å²) in [5, 5.41) is 1.90. The fourth-order valence-corrected chi connectivity index (χ4v) is 1.19. The third-order valence-electron chi connectivity index (χ3n) is 1.92. The monoisotopic (exact) mass is 250 g/mol. The number of carbonyl (C=O) groups is 1. The van der Waals surface area contributed by atoms with Gasteiger partial charge in [-0.25, -0.2) is 5.01 Å². The molecule has 0 aromatic rings. The maximum absolute atomic E-state index is 11.4. The van der Waals surface area contributed by atoms with E-state index in [4.69, 9.17) is 4.74 Å². The number of hydrazine groups is 1. The average Bonchev–Trinajstić information content (AvgIpc) is 2.18. The normalized spacial score (nSPS) is 21.1. The summed E-state index contributed by atoms with van der Waals surface area (Å²) in [4.78, 5) is 11.3. The highest BCUT2D eigenvalue weighted by atomic mass is 79.9. The van der Waals surface area contributed by atoms with Crippen molar-refractivity contribution in [2.24, 2.45) is 0 Å². The van der Waals surface area contributed by atoms with Gasteiger partial charge < -0.3 is 4.74 Å². The van der Waals surface area contributed by atoms with E-state index in [0.717, 1.165) is 19.5 Å². The Bertz CT molecular complexity index is 172. The summed E-state index contributed by atoms with van der Waals surface area (Å²) in [6.45, 7) is 4.90. The Morgan fingerprint density at radius 1 is 1.62 bits per heavy atom. The van der Waals surface area contributed by atoms with Crippen molar-refractivity contribution in [2.75, 3.05) is 26.3 Å². The van der Waals surface area contributed by atoms with Gasteiger partial charge in [0.1, 0.15) is 0 Å². The lowest BCUT2D eigenvalue weighted by molar-refractivity contribution is -0.127. The van der Waals surface area contributed by atoms with E-state index in [1.165, 1.54) is 0 Å². The third-order valence-corrected chi connectivity index (χ3v) is 2.99. The van der Waals surface area contributed by atoms with Gasteiger partial charge in [0, 0.05) is 13.1 Å². The second kappa shape index (κ2) is 5.57. The molecule has 1 fully saturated rings. The third kappa shape index (κ3) is 3.62. The Labute approximate surface area is 86.7 Å². The molecule has 1 aliphatic heterocycles. The molecular formula is C8H15BrN2O2. The number of halogens is 1. The second-order valence-electron chi connectivity index (χ2n) is 2.95. The smallest absolute Gasteiger partial charge is 0.248 e. The number of rotatable bonds is 3. The maximum Gasteiger partial charge on any atom is 0.248 e. The number of amides is 1. The molecule has 5 heteroatoms. The molecule has 0 bridgehead atoms. The Hall–Kier alpha value is -0.130. The number of nitrogens with zero attached hydrogens (tertiary/aromatic N) is 1. The molecule has 1 N–H and O–H groups in total. The van der Waals surface area contributed by atoms with Gasteiger partial charge in [0.25, 0.3) is 0 Å². The molecule has 13 heavy (non-hydrogen) atoms. The van der Waals surface area contributed by atoms with Crippen LogP contribution in [0.1, 0.15) is 13.3 Å². The lowest BCUT2D eigenvalue weighted by Crippen LogP contribution is -2.50. The van der Waals surface area contributed by atoms with Crippen LogP contribution in [-0.4, -0.2) is 42.0 Å². The molecule has 0 aliphatic carbocycles. The van der Waals surface area contributed by atoms with Crippen molar-refractivity contribution in [1.29, 1.82) is 0 Å². The molecule has 0 aromatic carbocycles. The zero-order chi connectivity index (χ0) is 9.68. The van der Waals surface area contributed by atoms with Crippen LogP contribution < -0.4 is 5.43 Å². The van der Waals surface area contributed by atoms with Crippen LogP contribution in [-0.2, 0) is 9.53 Å². The molecule has 0 aromatic heterocycles. The second-order valence-corrected chi connectivity index (χ2v) is 4.06. The van der Waals surface area contributed by atoms with Gasteiger partial charge in [0.2, 0.25) is 5.91 Å². The molecule has 1 heterocycles. The summed E-state index contributed by atoms with van der Waals surface area (Å²) in [5.74, 6) is 0.0319. The average molecular weight is 251 g/mol. The SMILES string of the molecule is CCC(Br)C(=O)NN1CCOCC1. The van der Waals surface area contributed by atoms with Gasteiger partial charge in [-0.3, -0.25) is 10.2 Å². The van der Waals surface area contributed by atoms with Gasteiger partial charge in [-0.2, -0.15) is 0 Å². The minimum absolute atomic E-state index is 0.0319. The van der Waals surface area contributed by atoms with Crippen LogP contribution in [0.3, 0.4) is 0 Å². The van der Waals surface area contributed by atoms with Crippen molar-refractivity contribution < 1.29 is 9.53 Å². The maximum atomic E-state index is 11.4. The summed E-state index contributed by atoms with van der Waals surface area (Å²) >= 11 is 3.30. The van der Waals surface area contributed by atoms with E-state index in [9.17, 15) is 4.79 Å². The number of nitrogens with one attached hydrogen (secondary N) is 1. The summed E-state index contributed by atoms with van der Waals surface area (Å²) in [7, 11) is 0. The quantitative estimate of drug-likeness (QED) is 0.744. The highest BCUT2D eigenvalue weighted by Crippen LogP contribution is 2.04. The molecule has 1 rings (SSSR count). The molecule has 1 aliphatic rings. The lowest BCUT2D eigenvalue weighted by Gasteiger charge is -2.27. The molecule has 1 atom stereocenters. The molecule has 4 nitrogen and oxygen atoms in total. The molecule has 0 saturated carbocycles. The van der Waals surface area contributed by atoms with Crippen molar-refractivity contribution >= 4 is 21.8 Å². The minimum atomic E-state index is -0.0876. The van der Waals surface area contributed by atoms with Crippen molar-refractivity contribution in [1.82, 2.24) is 10.4 Å². The predicted octanol–water partition coefficient (Wildman–Crippen LogP) is 0.523. The van der Waals surface area contributed by atoms with Crippen molar-refractivity contribution in [3.8, 4) is 0 Å². The lowest BCUT2D eigenvalue weighted by atomic mass is 10.3. The van der Waals surface area contributed by atoms with Crippen LogP contribution in [0.25, 0.3) is 0 Å². The van der Waals surface area contributed by atoms with Crippen LogP contribution in [0.2, 0.25) is 0 Å². The van der Waals surface area contributed by atoms with E-state index in [1.807, 2.05) is 11.9 Å². The first-order chi connectivity index (χ1) is 6.24. The number of morpholine rings is 1. The topological polar surface area (TPSA) is 41.6 Å². The van der Waals surface area contributed by atoms with Gasteiger partial charge in [0.05, 0.1) is 18.0 Å². The van der Waals surface area contributed by atoms with E-state index < -0.39 is 0 Å². The molecule has 76 valence electrons. The van der Waals surface area contributed by atoms with Gasteiger partial charge in [0.15, 0.2) is 0 Å². The van der Waals surface area contributed by atoms with E-state index in [1.54, 1.807) is 0 Å². The molecule has 1 saturated heterocycles. The summed E-state index contributed by atoms with van der Waals surface area (Å²) < 4.78 is 5.16. The standard InChI is InChI=1S/C8H15BrN2O2/c1-2-7(9)8(12)10-11-3-5-13-6-4-11/h7H,2-6H2,1H3,(H,10,12). The van der Waals surface area contributed by atoms with Gasteiger partial charge in [-0.05, 0) is 6.42 Å². The van der Waals surface area contributed by atoms with E-state index in [0.29, 0.717) is 13.2 Å². The summed E-state index contributed by atoms with van der Waals surface area (Å²) in [6.07, 6.45) is 0.802. The van der Waals surface area contributed by atoms with Gasteiger partial charge in [-0.1, -0.05) is 22.9 Å². The van der Waals surface area contributed by atoms with Crippen molar-refractivity contribution in [3.05, 3.63) is 0 Å². The Morgan fingerprint density at radius 2 is 2.23 bits per heavy atom. The minimum Gasteiger partial charge on any atom is -0.379 e. The molecular weight excluding hydrogens is 236 g/mol. The van der Waals surface area contributed by atoms with Crippen LogP contribution in [0.15, 0.2) is 0 Å². The van der Waals surface area contributed by atoms with Crippen molar-refractivity contribution in [3.63, 3.8) is 0 Å². The number of ether oxygens (including phenoxy) is 1. The van der Waals surface area contributed by atoms with Crippen LogP contribution in [0.4, 0.5) is 0 Å². The fraction of sp³-hybridized carbons (Fsp3) is 0.875. The number of hydrogen-bond donors (Lipinski definition) is 1. The zero-order valence-electron chi connectivity index (χ0n) is 7.75. The van der Waals surface area contributed by atoms with Crippen LogP contribution >= 0.6 is 15.9 Å². The number of alkyl halides is 1. The van der Waals surface area contributed by atoms with E-state index in [2.05, 4.69) is 21.4 Å². The first-order valence-corrected chi connectivity index (χ1v) is 5.43. The Kier molecular flexibility index (Phi) is 4.69. The van der Waals surface area contributed by atoms with Crippen LogP contribution in [0, 0.1) is 0 Å². The van der Waals surface area contributed by atoms with E-state index >= 15 is 0 Å². The summed E-state index contributed by atoms with van der Waals surface area (Å²) in [6, 6.07) is 0. The predicted molar refractivity (Wildman–Crippen MR) is 53.5 cm³/mol. The first-order valence-electron chi connectivity index (χ1n) is 4.51. The molecule has 1 unspecified atom stereocenters. The molecule has 0 spiro atoms. The fourth-order valence-electron chi connectivity index (χ4n) is 1.09. The number of hydrogen-bond acceptors (Lipinski definition) is 3. The van der Waals surface area contributed by atoms with Crippen molar-refractivity contribution in [2.45, 2.75) is 18.2 Å². The zero-order valence-corrected chi connectivity index (χ0v) is 9.34. The largest absolute Gasteiger partial charge is 0.379 e. The molecule has 1 amide bonds. The molecule has 0 radical (unpaired) electrons. The van der Waals surface area contributed by atoms with E-state index in [-0.39, 0.29) is 10.7 Å². The Balaban J connectivity index is 2.26. The summed E-state index contributed by atoms with van der Waals surface area (Å²) in [5.41, 5.74) is 2.84. The van der Waals surface area contributed by atoms with Gasteiger partial charge in [-0.15, -0.1) is 0 Å². The Morgan fingerprint density at radius 3 is 2.77 bits per heavy atom. The van der Waals surface area contributed by atoms with Gasteiger partial charge >= 0.3 is 0 Å².